The molecule has 2 atom stereocenters. The van der Waals surface area contributed by atoms with Crippen molar-refractivity contribution < 1.29 is 19.0 Å². The van der Waals surface area contributed by atoms with Gasteiger partial charge in [0, 0.05) is 18.5 Å². The molecule has 2 aliphatic heterocycles. The maximum absolute atomic E-state index is 12.8. The highest BCUT2D eigenvalue weighted by molar-refractivity contribution is 5.80. The number of hydrogen-bond donors (Lipinski definition) is 2. The molecule has 0 saturated carbocycles. The van der Waals surface area contributed by atoms with Crippen LogP contribution in [0.3, 0.4) is 0 Å². The first-order valence-corrected chi connectivity index (χ1v) is 10.2. The van der Waals surface area contributed by atoms with Gasteiger partial charge < -0.3 is 24.8 Å². The molecule has 0 bridgehead atoms. The lowest BCUT2D eigenvalue weighted by Crippen LogP contribution is -2.54. The maximum atomic E-state index is 12.8. The minimum Gasteiger partial charge on any atom is -0.444 e. The Balaban J connectivity index is 2.07. The van der Waals surface area contributed by atoms with Crippen LogP contribution < -0.4 is 10.6 Å². The number of hydrogen-bond acceptors (Lipinski definition) is 5. The first-order chi connectivity index (χ1) is 12.9. The molecule has 0 aromatic rings. The first kappa shape index (κ1) is 22.7. The lowest BCUT2D eigenvalue weighted by Gasteiger charge is -2.37. The highest BCUT2D eigenvalue weighted by Crippen LogP contribution is 2.33. The second-order valence-corrected chi connectivity index (χ2v) is 9.57. The van der Waals surface area contributed by atoms with Gasteiger partial charge in [-0.1, -0.05) is 6.92 Å². The predicted molar refractivity (Wildman–Crippen MR) is 109 cm³/mol. The second kappa shape index (κ2) is 8.45. The Morgan fingerprint density at radius 1 is 1.25 bits per heavy atom. The molecule has 0 aromatic heterocycles. The van der Waals surface area contributed by atoms with Crippen molar-refractivity contribution in [2.75, 3.05) is 32.8 Å². The third kappa shape index (κ3) is 5.73. The van der Waals surface area contributed by atoms with E-state index in [1.807, 2.05) is 48.5 Å². The van der Waals surface area contributed by atoms with Crippen molar-refractivity contribution in [3.05, 3.63) is 0 Å². The third-order valence-corrected chi connectivity index (χ3v) is 4.86. The van der Waals surface area contributed by atoms with E-state index in [1.165, 1.54) is 0 Å². The van der Waals surface area contributed by atoms with Crippen LogP contribution in [0, 0.1) is 5.41 Å². The smallest absolute Gasteiger partial charge is 0.412 e. The van der Waals surface area contributed by atoms with Crippen LogP contribution in [0.5, 0.6) is 0 Å². The molecule has 8 nitrogen and oxygen atoms in total. The lowest BCUT2D eigenvalue weighted by molar-refractivity contribution is -0.0945. The molecule has 162 valence electrons. The summed E-state index contributed by atoms with van der Waals surface area (Å²) in [5.74, 6) is 0.733. The van der Waals surface area contributed by atoms with Crippen molar-refractivity contribution in [1.29, 1.82) is 0 Å². The number of nitrogens with zero attached hydrogens (tertiary/aromatic N) is 2. The topological polar surface area (TPSA) is 84.4 Å². The van der Waals surface area contributed by atoms with Crippen LogP contribution in [0.2, 0.25) is 0 Å². The van der Waals surface area contributed by atoms with Crippen molar-refractivity contribution in [2.24, 2.45) is 10.4 Å². The van der Waals surface area contributed by atoms with Crippen LogP contribution in [0.25, 0.3) is 0 Å². The molecule has 2 aliphatic rings. The van der Waals surface area contributed by atoms with Crippen molar-refractivity contribution >= 4 is 12.1 Å². The molecule has 2 N–H and O–H groups in total. The molecule has 28 heavy (non-hydrogen) atoms. The molecule has 2 rings (SSSR count). The summed E-state index contributed by atoms with van der Waals surface area (Å²) in [5, 5.41) is 6.64. The van der Waals surface area contributed by atoms with Crippen molar-refractivity contribution in [1.82, 2.24) is 15.5 Å². The van der Waals surface area contributed by atoms with Crippen LogP contribution in [-0.4, -0.2) is 73.3 Å². The summed E-state index contributed by atoms with van der Waals surface area (Å²) in [6.45, 7) is 19.0. The minimum atomic E-state index is -0.736. The van der Waals surface area contributed by atoms with E-state index < -0.39 is 11.3 Å². The summed E-state index contributed by atoms with van der Waals surface area (Å²) < 4.78 is 17.0. The predicted octanol–water partition coefficient (Wildman–Crippen LogP) is 2.34. The highest BCUT2D eigenvalue weighted by atomic mass is 16.6. The van der Waals surface area contributed by atoms with Gasteiger partial charge in [0.05, 0.1) is 31.9 Å². The standard InChI is InChI=1S/C20H38N4O4/c1-9-21-16(23-11-20(8)12-26-13-20)22-10-15-14(2)27-19(6,7)24(15)17(25)28-18(3,4)5/h14-15H,9-13H2,1-8H3,(H2,21,22,23). The quantitative estimate of drug-likeness (QED) is 0.546. The van der Waals surface area contributed by atoms with Crippen molar-refractivity contribution in [3.8, 4) is 0 Å². The number of rotatable bonds is 5. The van der Waals surface area contributed by atoms with Gasteiger partial charge in [-0.25, -0.2) is 4.79 Å². The highest BCUT2D eigenvalue weighted by Gasteiger charge is 2.49. The number of amides is 1. The van der Waals surface area contributed by atoms with E-state index in [4.69, 9.17) is 19.2 Å². The molecule has 2 fully saturated rings. The normalized spacial score (nSPS) is 26.6. The minimum absolute atomic E-state index is 0.108. The summed E-state index contributed by atoms with van der Waals surface area (Å²) in [6, 6.07) is -0.170. The molecule has 1 amide bonds. The zero-order chi connectivity index (χ0) is 21.2. The Kier molecular flexibility index (Phi) is 6.86. The van der Waals surface area contributed by atoms with Gasteiger partial charge in [0.2, 0.25) is 0 Å². The fourth-order valence-corrected chi connectivity index (χ4v) is 3.48. The fourth-order valence-electron chi connectivity index (χ4n) is 3.48. The van der Waals surface area contributed by atoms with Crippen LogP contribution in [-0.2, 0) is 14.2 Å². The zero-order valence-corrected chi connectivity index (χ0v) is 18.7. The van der Waals surface area contributed by atoms with E-state index in [2.05, 4.69) is 17.6 Å². The molecular weight excluding hydrogens is 360 g/mol. The van der Waals surface area contributed by atoms with Gasteiger partial charge in [0.25, 0.3) is 0 Å². The number of guanidine groups is 1. The molecule has 2 saturated heterocycles. The summed E-state index contributed by atoms with van der Waals surface area (Å²) >= 11 is 0. The number of ether oxygens (including phenoxy) is 3. The van der Waals surface area contributed by atoms with Gasteiger partial charge in [-0.15, -0.1) is 0 Å². The average Bonchev–Trinajstić information content (AvgIpc) is 2.74. The zero-order valence-electron chi connectivity index (χ0n) is 18.7. The Morgan fingerprint density at radius 2 is 1.89 bits per heavy atom. The van der Waals surface area contributed by atoms with Crippen LogP contribution in [0.4, 0.5) is 4.79 Å². The largest absolute Gasteiger partial charge is 0.444 e. The molecule has 8 heteroatoms. The van der Waals surface area contributed by atoms with Crippen LogP contribution >= 0.6 is 0 Å². The molecule has 0 spiro atoms. The second-order valence-electron chi connectivity index (χ2n) is 9.57. The Bertz CT molecular complexity index is 581. The monoisotopic (exact) mass is 398 g/mol. The molecular formula is C20H38N4O4. The summed E-state index contributed by atoms with van der Waals surface area (Å²) in [7, 11) is 0. The van der Waals surface area contributed by atoms with Gasteiger partial charge in [0.1, 0.15) is 11.3 Å². The van der Waals surface area contributed by atoms with Gasteiger partial charge >= 0.3 is 6.09 Å². The van der Waals surface area contributed by atoms with Crippen LogP contribution in [0.15, 0.2) is 4.99 Å². The van der Waals surface area contributed by atoms with Crippen molar-refractivity contribution in [3.63, 3.8) is 0 Å². The van der Waals surface area contributed by atoms with Crippen molar-refractivity contribution in [2.45, 2.75) is 78.9 Å². The number of carbonyl (C=O) groups is 1. The van der Waals surface area contributed by atoms with Gasteiger partial charge in [-0.05, 0) is 48.5 Å². The Hall–Kier alpha value is -1.54. The number of carbonyl (C=O) groups excluding carboxylic acids is 1. The summed E-state index contributed by atoms with van der Waals surface area (Å²) in [6.07, 6.45) is -0.495. The van der Waals surface area contributed by atoms with E-state index in [0.717, 1.165) is 25.7 Å². The molecule has 0 aliphatic carbocycles. The third-order valence-electron chi connectivity index (χ3n) is 4.86. The maximum Gasteiger partial charge on any atom is 0.412 e. The average molecular weight is 399 g/mol. The lowest BCUT2D eigenvalue weighted by atomic mass is 9.89. The fraction of sp³-hybridized carbons (Fsp3) is 0.900. The summed E-state index contributed by atoms with van der Waals surface area (Å²) in [5.41, 5.74) is -1.19. The van der Waals surface area contributed by atoms with Gasteiger partial charge in [-0.2, -0.15) is 0 Å². The van der Waals surface area contributed by atoms with E-state index in [0.29, 0.717) is 13.1 Å². The molecule has 0 radical (unpaired) electrons. The first-order valence-electron chi connectivity index (χ1n) is 10.2. The van der Waals surface area contributed by atoms with E-state index in [9.17, 15) is 4.79 Å². The molecule has 2 unspecified atom stereocenters. The number of aliphatic imine (C=N–C) groups is 1. The molecule has 2 heterocycles. The van der Waals surface area contributed by atoms with Gasteiger partial charge in [-0.3, -0.25) is 9.89 Å². The summed E-state index contributed by atoms with van der Waals surface area (Å²) in [4.78, 5) is 19.2. The van der Waals surface area contributed by atoms with Crippen LogP contribution in [0.1, 0.15) is 55.4 Å². The van der Waals surface area contributed by atoms with E-state index in [1.54, 1.807) is 4.90 Å². The molecule has 0 aromatic carbocycles. The van der Waals surface area contributed by atoms with E-state index in [-0.39, 0.29) is 23.7 Å². The van der Waals surface area contributed by atoms with E-state index >= 15 is 0 Å². The number of nitrogens with one attached hydrogen (secondary N) is 2. The Morgan fingerprint density at radius 3 is 2.39 bits per heavy atom. The van der Waals surface area contributed by atoms with Gasteiger partial charge in [0.15, 0.2) is 5.96 Å². The Labute approximate surface area is 169 Å². The SMILES string of the molecule is CCNC(=NCC1(C)COC1)NCC1C(C)OC(C)(C)N1C(=O)OC(C)(C)C.